The van der Waals surface area contributed by atoms with Crippen LogP contribution in [0.1, 0.15) is 5.69 Å². The fourth-order valence-corrected chi connectivity index (χ4v) is 3.60. The number of amides is 1. The van der Waals surface area contributed by atoms with Crippen LogP contribution in [0.3, 0.4) is 0 Å². The van der Waals surface area contributed by atoms with E-state index in [4.69, 9.17) is 16.1 Å². The number of carbonyl (C=O) groups is 1. The molecule has 1 fully saturated rings. The third-order valence-corrected chi connectivity index (χ3v) is 5.23. The molecule has 4 rings (SSSR count). The Morgan fingerprint density at radius 1 is 1.20 bits per heavy atom. The van der Waals surface area contributed by atoms with Gasteiger partial charge in [0, 0.05) is 32.2 Å². The zero-order valence-electron chi connectivity index (χ0n) is 16.4. The highest BCUT2D eigenvalue weighted by Crippen LogP contribution is 2.23. The molecule has 10 heteroatoms. The quantitative estimate of drug-likeness (QED) is 0.663. The van der Waals surface area contributed by atoms with Crippen molar-refractivity contribution < 1.29 is 9.32 Å². The first-order valence-corrected chi connectivity index (χ1v) is 9.93. The van der Waals surface area contributed by atoms with Gasteiger partial charge in [-0.1, -0.05) is 35.0 Å². The molecule has 0 spiro atoms. The fourth-order valence-electron chi connectivity index (χ4n) is 3.35. The lowest BCUT2D eigenvalue weighted by molar-refractivity contribution is -0.117. The highest BCUT2D eigenvalue weighted by molar-refractivity contribution is 6.33. The van der Waals surface area contributed by atoms with E-state index in [1.165, 1.54) is 4.68 Å². The van der Waals surface area contributed by atoms with E-state index in [0.29, 0.717) is 49.1 Å². The van der Waals surface area contributed by atoms with Gasteiger partial charge in [0.1, 0.15) is 5.02 Å². The lowest BCUT2D eigenvalue weighted by Crippen LogP contribution is -2.49. The molecule has 0 atom stereocenters. The molecule has 1 aromatic carbocycles. The van der Waals surface area contributed by atoms with Crippen molar-refractivity contribution in [2.45, 2.75) is 6.92 Å². The van der Waals surface area contributed by atoms with Gasteiger partial charge in [-0.2, -0.15) is 9.78 Å². The Kier molecular flexibility index (Phi) is 5.82. The Bertz CT molecular complexity index is 1090. The van der Waals surface area contributed by atoms with Crippen molar-refractivity contribution in [1.82, 2.24) is 19.8 Å². The molecule has 0 saturated carbocycles. The molecule has 2 aromatic heterocycles. The van der Waals surface area contributed by atoms with E-state index in [2.05, 4.69) is 15.6 Å². The van der Waals surface area contributed by atoms with Crippen LogP contribution in [0.2, 0.25) is 5.02 Å². The van der Waals surface area contributed by atoms with Crippen molar-refractivity contribution in [2.75, 3.05) is 42.9 Å². The van der Waals surface area contributed by atoms with Gasteiger partial charge >= 0.3 is 0 Å². The number of carbonyl (C=O) groups excluding carboxylic acids is 1. The summed E-state index contributed by atoms with van der Waals surface area (Å²) in [5.74, 6) is 0.178. The first kappa shape index (κ1) is 20.1. The third-order valence-electron chi connectivity index (χ3n) is 4.87. The molecule has 156 valence electrons. The van der Waals surface area contributed by atoms with Crippen LogP contribution < -0.4 is 15.8 Å². The van der Waals surface area contributed by atoms with Crippen LogP contribution >= 0.6 is 11.6 Å². The van der Waals surface area contributed by atoms with Gasteiger partial charge in [0.2, 0.25) is 11.8 Å². The maximum atomic E-state index is 12.7. The molecule has 0 unspecified atom stereocenters. The number of nitrogens with one attached hydrogen (secondary N) is 1. The van der Waals surface area contributed by atoms with Crippen molar-refractivity contribution in [3.05, 3.63) is 63.7 Å². The number of para-hydroxylation sites is 1. The van der Waals surface area contributed by atoms with Gasteiger partial charge in [-0.05, 0) is 19.1 Å². The molecule has 1 N–H and O–H groups in total. The van der Waals surface area contributed by atoms with E-state index in [1.54, 1.807) is 31.3 Å². The minimum atomic E-state index is -0.357. The smallest absolute Gasteiger partial charge is 0.292 e. The second-order valence-electron chi connectivity index (χ2n) is 7.04. The van der Waals surface area contributed by atoms with E-state index >= 15 is 0 Å². The summed E-state index contributed by atoms with van der Waals surface area (Å²) in [5.41, 5.74) is 1.62. The van der Waals surface area contributed by atoms with Crippen molar-refractivity contribution in [3.63, 3.8) is 0 Å². The van der Waals surface area contributed by atoms with Crippen LogP contribution in [0.25, 0.3) is 5.69 Å². The van der Waals surface area contributed by atoms with E-state index < -0.39 is 0 Å². The number of aromatic nitrogens is 3. The number of anilines is 2. The highest BCUT2D eigenvalue weighted by Gasteiger charge is 2.23. The van der Waals surface area contributed by atoms with Gasteiger partial charge in [-0.25, -0.2) is 0 Å². The molecule has 1 amide bonds. The minimum Gasteiger partial charge on any atom is -0.366 e. The Morgan fingerprint density at radius 3 is 2.60 bits per heavy atom. The van der Waals surface area contributed by atoms with Crippen LogP contribution in [-0.4, -0.2) is 58.5 Å². The molecule has 3 heterocycles. The molecule has 1 aliphatic rings. The molecule has 9 nitrogen and oxygen atoms in total. The molecule has 1 saturated heterocycles. The fraction of sp³-hybridized carbons (Fsp3) is 0.300. The van der Waals surface area contributed by atoms with Crippen molar-refractivity contribution in [2.24, 2.45) is 0 Å². The van der Waals surface area contributed by atoms with Gasteiger partial charge in [0.05, 0.1) is 29.8 Å². The minimum absolute atomic E-state index is 0.140. The average Bonchev–Trinajstić information content (AvgIpc) is 3.16. The van der Waals surface area contributed by atoms with Crippen molar-refractivity contribution in [3.8, 4) is 5.69 Å². The summed E-state index contributed by atoms with van der Waals surface area (Å²) in [7, 11) is 0. The van der Waals surface area contributed by atoms with Crippen LogP contribution in [0, 0.1) is 6.92 Å². The molecule has 0 radical (unpaired) electrons. The highest BCUT2D eigenvalue weighted by atomic mass is 35.5. The van der Waals surface area contributed by atoms with E-state index in [-0.39, 0.29) is 23.0 Å². The van der Waals surface area contributed by atoms with Crippen LogP contribution in [0.4, 0.5) is 11.6 Å². The predicted molar refractivity (Wildman–Crippen MR) is 113 cm³/mol. The van der Waals surface area contributed by atoms with Gasteiger partial charge < -0.3 is 9.42 Å². The second kappa shape index (κ2) is 8.68. The predicted octanol–water partition coefficient (Wildman–Crippen LogP) is 1.94. The number of aryl methyl sites for hydroxylation is 1. The molecule has 0 bridgehead atoms. The van der Waals surface area contributed by atoms with Crippen molar-refractivity contribution >= 4 is 29.1 Å². The number of rotatable bonds is 5. The summed E-state index contributed by atoms with van der Waals surface area (Å²) in [6.45, 7) is 4.60. The Hall–Kier alpha value is -3.17. The van der Waals surface area contributed by atoms with E-state index in [9.17, 15) is 9.59 Å². The zero-order valence-corrected chi connectivity index (χ0v) is 17.2. The summed E-state index contributed by atoms with van der Waals surface area (Å²) in [6, 6.07) is 10.8. The second-order valence-corrected chi connectivity index (χ2v) is 7.42. The van der Waals surface area contributed by atoms with Gasteiger partial charge in [0.15, 0.2) is 0 Å². The molecule has 30 heavy (non-hydrogen) atoms. The molecular formula is C20H21ClN6O3. The Labute approximate surface area is 177 Å². The third kappa shape index (κ3) is 4.37. The molecule has 0 aliphatic carbocycles. The first-order valence-electron chi connectivity index (χ1n) is 9.55. The number of piperazine rings is 1. The first-order chi connectivity index (χ1) is 14.5. The van der Waals surface area contributed by atoms with E-state index in [1.807, 2.05) is 28.0 Å². The lowest BCUT2D eigenvalue weighted by atomic mass is 10.2. The maximum absolute atomic E-state index is 12.7. The van der Waals surface area contributed by atoms with E-state index in [0.717, 1.165) is 0 Å². The standard InChI is InChI=1S/C20H21ClN6O3/c1-14-11-18(30-24-14)23-17(28)13-25-7-9-26(10-8-25)16-12-22-27(20(29)19(16)21)15-5-3-2-4-6-15/h2-6,11-12H,7-10,13H2,1H3,(H,23,28). The summed E-state index contributed by atoms with van der Waals surface area (Å²) < 4.78 is 6.29. The summed E-state index contributed by atoms with van der Waals surface area (Å²) in [5, 5.41) is 10.9. The number of hydrogen-bond donors (Lipinski definition) is 1. The number of benzene rings is 1. The number of halogens is 1. The zero-order chi connectivity index (χ0) is 21.1. The number of hydrogen-bond acceptors (Lipinski definition) is 7. The lowest BCUT2D eigenvalue weighted by Gasteiger charge is -2.35. The SMILES string of the molecule is Cc1cc(NC(=O)CN2CCN(c3cnn(-c4ccccc4)c(=O)c3Cl)CC2)on1. The topological polar surface area (TPSA) is 96.5 Å². The number of nitrogens with zero attached hydrogens (tertiary/aromatic N) is 5. The molecule has 1 aliphatic heterocycles. The van der Waals surface area contributed by atoms with Gasteiger partial charge in [-0.3, -0.25) is 19.8 Å². The van der Waals surface area contributed by atoms with Crippen LogP contribution in [0.5, 0.6) is 0 Å². The van der Waals surface area contributed by atoms with Crippen molar-refractivity contribution in [1.29, 1.82) is 0 Å². The normalized spacial score (nSPS) is 14.7. The summed E-state index contributed by atoms with van der Waals surface area (Å²) in [4.78, 5) is 28.9. The van der Waals surface area contributed by atoms with Gasteiger partial charge in [0.25, 0.3) is 5.56 Å². The average molecular weight is 429 g/mol. The largest absolute Gasteiger partial charge is 0.366 e. The van der Waals surface area contributed by atoms with Crippen LogP contribution in [0.15, 0.2) is 51.9 Å². The summed E-state index contributed by atoms with van der Waals surface area (Å²) >= 11 is 6.39. The Balaban J connectivity index is 1.37. The Morgan fingerprint density at radius 2 is 1.93 bits per heavy atom. The maximum Gasteiger partial charge on any atom is 0.292 e. The molecule has 3 aromatic rings. The molecular weight excluding hydrogens is 408 g/mol. The summed E-state index contributed by atoms with van der Waals surface area (Å²) in [6.07, 6.45) is 1.62. The van der Waals surface area contributed by atoms with Crippen LogP contribution in [-0.2, 0) is 4.79 Å². The monoisotopic (exact) mass is 428 g/mol. The van der Waals surface area contributed by atoms with Gasteiger partial charge in [-0.15, -0.1) is 0 Å².